The number of likely N-dealkylation sites (tertiary alicyclic amines) is 1. The summed E-state index contributed by atoms with van der Waals surface area (Å²) >= 11 is 0. The molecule has 2 aromatic heterocycles. The summed E-state index contributed by atoms with van der Waals surface area (Å²) < 4.78 is 1.87. The molecule has 25 heavy (non-hydrogen) atoms. The summed E-state index contributed by atoms with van der Waals surface area (Å²) in [5.41, 5.74) is 7.79. The topological polar surface area (TPSA) is 94.1 Å². The molecule has 2 N–H and O–H groups in total. The third kappa shape index (κ3) is 2.77. The Bertz CT molecular complexity index is 853. The van der Waals surface area contributed by atoms with E-state index >= 15 is 0 Å². The van der Waals surface area contributed by atoms with Gasteiger partial charge in [-0.05, 0) is 39.2 Å². The summed E-state index contributed by atoms with van der Waals surface area (Å²) in [6.45, 7) is 5.07. The summed E-state index contributed by atoms with van der Waals surface area (Å²) in [6, 6.07) is 2.10. The summed E-state index contributed by atoms with van der Waals surface area (Å²) in [6.07, 6.45) is 4.61. The molecule has 132 valence electrons. The van der Waals surface area contributed by atoms with E-state index in [1.54, 1.807) is 11.1 Å². The number of carbonyl (C=O) groups excluding carboxylic acids is 2. The maximum Gasteiger partial charge on any atom is 0.254 e. The molecule has 1 saturated carbocycles. The number of hydrogen-bond acceptors (Lipinski definition) is 4. The summed E-state index contributed by atoms with van der Waals surface area (Å²) in [5.74, 6) is -0.186. The minimum atomic E-state index is -0.332. The number of nitrogens with two attached hydrogens (primary N) is 1. The molecule has 1 aliphatic heterocycles. The molecule has 0 aromatic carbocycles. The fourth-order valence-corrected chi connectivity index (χ4v) is 3.53. The fourth-order valence-electron chi connectivity index (χ4n) is 3.53. The van der Waals surface area contributed by atoms with Gasteiger partial charge in [-0.1, -0.05) is 0 Å². The van der Waals surface area contributed by atoms with Gasteiger partial charge in [-0.15, -0.1) is 0 Å². The van der Waals surface area contributed by atoms with Gasteiger partial charge in [-0.3, -0.25) is 9.59 Å². The van der Waals surface area contributed by atoms with E-state index in [4.69, 9.17) is 10.7 Å². The second-order valence-corrected chi connectivity index (χ2v) is 7.43. The number of rotatable bonds is 4. The molecule has 0 radical (unpaired) electrons. The Balaban J connectivity index is 1.75. The zero-order valence-electron chi connectivity index (χ0n) is 14.6. The van der Waals surface area contributed by atoms with Crippen LogP contribution in [0.15, 0.2) is 12.3 Å². The standard InChI is InChI=1S/C18H23N5O2/c1-10(2)23-17-14(8-20-23)13(7-15(21-17)11-3-4-11)18(25)22-6-5-12(9-22)16(19)24/h7-8,10-12H,3-6,9H2,1-2H3,(H2,19,24). The highest BCUT2D eigenvalue weighted by Gasteiger charge is 2.33. The van der Waals surface area contributed by atoms with Crippen molar-refractivity contribution >= 4 is 22.8 Å². The van der Waals surface area contributed by atoms with Gasteiger partial charge in [-0.25, -0.2) is 9.67 Å². The van der Waals surface area contributed by atoms with Crippen LogP contribution in [0.1, 0.15) is 61.1 Å². The van der Waals surface area contributed by atoms with Crippen LogP contribution in [0.3, 0.4) is 0 Å². The minimum absolute atomic E-state index is 0.0543. The first-order valence-electron chi connectivity index (χ1n) is 8.92. The Kier molecular flexibility index (Phi) is 3.74. The maximum atomic E-state index is 13.1. The molecule has 0 bridgehead atoms. The molecule has 2 aliphatic rings. The Morgan fingerprint density at radius 1 is 1.28 bits per heavy atom. The molecule has 3 heterocycles. The van der Waals surface area contributed by atoms with Crippen molar-refractivity contribution in [3.8, 4) is 0 Å². The van der Waals surface area contributed by atoms with Crippen molar-refractivity contribution in [1.82, 2.24) is 19.7 Å². The molecule has 4 rings (SSSR count). The molecule has 2 amide bonds. The molecular weight excluding hydrogens is 318 g/mol. The summed E-state index contributed by atoms with van der Waals surface area (Å²) in [7, 11) is 0. The zero-order valence-corrected chi connectivity index (χ0v) is 14.6. The van der Waals surface area contributed by atoms with E-state index in [-0.39, 0.29) is 23.8 Å². The quantitative estimate of drug-likeness (QED) is 0.918. The summed E-state index contributed by atoms with van der Waals surface area (Å²) in [4.78, 5) is 31.0. The van der Waals surface area contributed by atoms with Crippen molar-refractivity contribution in [2.45, 2.75) is 45.1 Å². The normalized spacial score (nSPS) is 20.6. The largest absolute Gasteiger partial charge is 0.369 e. The molecule has 1 atom stereocenters. The van der Waals surface area contributed by atoms with Crippen LogP contribution in [0, 0.1) is 5.92 Å². The average molecular weight is 341 g/mol. The lowest BCUT2D eigenvalue weighted by Crippen LogP contribution is -2.32. The van der Waals surface area contributed by atoms with Gasteiger partial charge >= 0.3 is 0 Å². The second-order valence-electron chi connectivity index (χ2n) is 7.43. The molecule has 7 nitrogen and oxygen atoms in total. The third-order valence-corrected chi connectivity index (χ3v) is 5.18. The fraction of sp³-hybridized carbons (Fsp3) is 0.556. The molecule has 1 aliphatic carbocycles. The Labute approximate surface area is 146 Å². The monoisotopic (exact) mass is 341 g/mol. The van der Waals surface area contributed by atoms with Crippen LogP contribution in [0.25, 0.3) is 11.0 Å². The first-order chi connectivity index (χ1) is 12.0. The molecular formula is C18H23N5O2. The Morgan fingerprint density at radius 3 is 2.64 bits per heavy atom. The number of carbonyl (C=O) groups is 2. The third-order valence-electron chi connectivity index (χ3n) is 5.18. The van der Waals surface area contributed by atoms with Gasteiger partial charge in [0.15, 0.2) is 5.65 Å². The van der Waals surface area contributed by atoms with Crippen molar-refractivity contribution < 1.29 is 9.59 Å². The van der Waals surface area contributed by atoms with Crippen LogP contribution in [0.5, 0.6) is 0 Å². The Hall–Kier alpha value is -2.44. The van der Waals surface area contributed by atoms with Gasteiger partial charge < -0.3 is 10.6 Å². The lowest BCUT2D eigenvalue weighted by molar-refractivity contribution is -0.121. The van der Waals surface area contributed by atoms with Crippen molar-refractivity contribution in [3.63, 3.8) is 0 Å². The van der Waals surface area contributed by atoms with Crippen LogP contribution in [-0.4, -0.2) is 44.6 Å². The number of nitrogens with zero attached hydrogens (tertiary/aromatic N) is 4. The molecule has 0 spiro atoms. The Morgan fingerprint density at radius 2 is 2.04 bits per heavy atom. The number of fused-ring (bicyclic) bond motifs is 1. The van der Waals surface area contributed by atoms with E-state index in [1.807, 2.05) is 10.7 Å². The van der Waals surface area contributed by atoms with Gasteiger partial charge in [0.2, 0.25) is 5.91 Å². The molecule has 2 aromatic rings. The van der Waals surface area contributed by atoms with Gasteiger partial charge in [0.1, 0.15) is 0 Å². The predicted molar refractivity (Wildman–Crippen MR) is 93.1 cm³/mol. The predicted octanol–water partition coefficient (Wildman–Crippen LogP) is 1.84. The van der Waals surface area contributed by atoms with E-state index < -0.39 is 0 Å². The molecule has 7 heteroatoms. The minimum Gasteiger partial charge on any atom is -0.369 e. The van der Waals surface area contributed by atoms with Crippen molar-refractivity contribution in [2.24, 2.45) is 11.7 Å². The van der Waals surface area contributed by atoms with Crippen molar-refractivity contribution in [2.75, 3.05) is 13.1 Å². The van der Waals surface area contributed by atoms with Gasteiger partial charge in [0, 0.05) is 30.7 Å². The van der Waals surface area contributed by atoms with Crippen LogP contribution in [0.2, 0.25) is 0 Å². The molecule has 2 fully saturated rings. The van der Waals surface area contributed by atoms with Gasteiger partial charge in [0.25, 0.3) is 5.91 Å². The van der Waals surface area contributed by atoms with Crippen LogP contribution < -0.4 is 5.73 Å². The van der Waals surface area contributed by atoms with Gasteiger partial charge in [0.05, 0.1) is 23.1 Å². The maximum absolute atomic E-state index is 13.1. The highest BCUT2D eigenvalue weighted by atomic mass is 16.2. The van der Waals surface area contributed by atoms with Crippen molar-refractivity contribution in [3.05, 3.63) is 23.5 Å². The first-order valence-corrected chi connectivity index (χ1v) is 8.92. The van der Waals surface area contributed by atoms with Gasteiger partial charge in [-0.2, -0.15) is 5.10 Å². The van der Waals surface area contributed by atoms with Crippen LogP contribution in [-0.2, 0) is 4.79 Å². The van der Waals surface area contributed by atoms with Crippen LogP contribution in [0.4, 0.5) is 0 Å². The lowest BCUT2D eigenvalue weighted by atomic mass is 10.1. The molecule has 1 saturated heterocycles. The van der Waals surface area contributed by atoms with E-state index in [0.717, 1.165) is 29.6 Å². The number of primary amides is 1. The SMILES string of the molecule is CC(C)n1ncc2c(C(=O)N3CCC(C(N)=O)C3)cc(C3CC3)nc21. The van der Waals surface area contributed by atoms with Crippen LogP contribution >= 0.6 is 0 Å². The zero-order chi connectivity index (χ0) is 17.7. The number of aromatic nitrogens is 3. The highest BCUT2D eigenvalue weighted by Crippen LogP contribution is 2.40. The number of pyridine rings is 1. The average Bonchev–Trinajstić information content (AvgIpc) is 3.14. The smallest absolute Gasteiger partial charge is 0.254 e. The number of amides is 2. The summed E-state index contributed by atoms with van der Waals surface area (Å²) in [5, 5.41) is 5.22. The van der Waals surface area contributed by atoms with E-state index in [0.29, 0.717) is 31.0 Å². The first kappa shape index (κ1) is 16.1. The van der Waals surface area contributed by atoms with E-state index in [9.17, 15) is 9.59 Å². The molecule has 1 unspecified atom stereocenters. The second kappa shape index (κ2) is 5.82. The van der Waals surface area contributed by atoms with Crippen molar-refractivity contribution in [1.29, 1.82) is 0 Å². The lowest BCUT2D eigenvalue weighted by Gasteiger charge is -2.17. The number of hydrogen-bond donors (Lipinski definition) is 1. The highest BCUT2D eigenvalue weighted by molar-refractivity contribution is 6.05. The van der Waals surface area contributed by atoms with E-state index in [2.05, 4.69) is 18.9 Å². The van der Waals surface area contributed by atoms with E-state index in [1.165, 1.54) is 0 Å².